The smallest absolute Gasteiger partial charge is 0.255 e. The van der Waals surface area contributed by atoms with Gasteiger partial charge < -0.3 is 20.5 Å². The zero-order chi connectivity index (χ0) is 14.5. The molecule has 0 saturated carbocycles. The number of nitrogens with zero attached hydrogens (tertiary/aromatic N) is 1. The highest BCUT2D eigenvalue weighted by atomic mass is 35.5. The summed E-state index contributed by atoms with van der Waals surface area (Å²) in [6.45, 7) is 1.62. The molecule has 6 heteroatoms. The van der Waals surface area contributed by atoms with Crippen molar-refractivity contribution in [2.75, 3.05) is 32.0 Å². The maximum atomic E-state index is 12.4. The summed E-state index contributed by atoms with van der Waals surface area (Å²) in [4.78, 5) is 14.2. The summed E-state index contributed by atoms with van der Waals surface area (Å²) in [5.74, 6) is -0.0920. The average molecular weight is 299 g/mol. The lowest BCUT2D eigenvalue weighted by molar-refractivity contribution is -0.00552. The van der Waals surface area contributed by atoms with Gasteiger partial charge in [0.05, 0.1) is 24.9 Å². The number of hydrogen-bond donors (Lipinski definition) is 2. The van der Waals surface area contributed by atoms with Gasteiger partial charge in [-0.15, -0.1) is 0 Å². The topological polar surface area (TPSA) is 75.8 Å². The summed E-state index contributed by atoms with van der Waals surface area (Å²) in [5, 5.41) is 9.23. The predicted octanol–water partition coefficient (Wildman–Crippen LogP) is 1.54. The highest BCUT2D eigenvalue weighted by Gasteiger charge is 2.25. The molecule has 1 aliphatic rings. The first kappa shape index (κ1) is 15.1. The molecule has 1 heterocycles. The van der Waals surface area contributed by atoms with Crippen LogP contribution in [-0.4, -0.2) is 48.3 Å². The molecule has 1 saturated heterocycles. The standard InChI is InChI=1S/C14H19ClN2O3/c15-10-1-2-13(16)12(9-10)14(19)17-5-3-11(4-6-17)20-8-7-18/h1-2,9,11,18H,3-8,16H2. The molecule has 1 amide bonds. The lowest BCUT2D eigenvalue weighted by Crippen LogP contribution is -2.41. The number of nitrogen functional groups attached to an aromatic ring is 1. The highest BCUT2D eigenvalue weighted by Crippen LogP contribution is 2.22. The molecule has 1 aromatic carbocycles. The number of rotatable bonds is 4. The largest absolute Gasteiger partial charge is 0.398 e. The summed E-state index contributed by atoms with van der Waals surface area (Å²) in [7, 11) is 0. The quantitative estimate of drug-likeness (QED) is 0.827. The van der Waals surface area contributed by atoms with E-state index in [2.05, 4.69) is 0 Å². The predicted molar refractivity (Wildman–Crippen MR) is 77.8 cm³/mol. The van der Waals surface area contributed by atoms with E-state index in [1.807, 2.05) is 0 Å². The zero-order valence-corrected chi connectivity index (χ0v) is 12.0. The van der Waals surface area contributed by atoms with E-state index in [4.69, 9.17) is 27.2 Å². The molecule has 0 unspecified atom stereocenters. The number of halogens is 1. The van der Waals surface area contributed by atoms with Crippen molar-refractivity contribution < 1.29 is 14.6 Å². The van der Waals surface area contributed by atoms with Crippen LogP contribution in [0.1, 0.15) is 23.2 Å². The number of aliphatic hydroxyl groups is 1. The minimum atomic E-state index is -0.0920. The number of carbonyl (C=O) groups is 1. The Balaban J connectivity index is 1.96. The van der Waals surface area contributed by atoms with Crippen LogP contribution in [0.25, 0.3) is 0 Å². The average Bonchev–Trinajstić information content (AvgIpc) is 2.47. The number of amides is 1. The normalized spacial score (nSPS) is 16.4. The summed E-state index contributed by atoms with van der Waals surface area (Å²) < 4.78 is 5.47. The maximum absolute atomic E-state index is 12.4. The number of piperidine rings is 1. The lowest BCUT2D eigenvalue weighted by Gasteiger charge is -2.32. The Hall–Kier alpha value is -1.30. The third-order valence-corrected chi connectivity index (χ3v) is 3.65. The van der Waals surface area contributed by atoms with E-state index in [-0.39, 0.29) is 18.6 Å². The van der Waals surface area contributed by atoms with Gasteiger partial charge in [-0.1, -0.05) is 11.6 Å². The minimum absolute atomic E-state index is 0.0260. The number of aliphatic hydroxyl groups excluding tert-OH is 1. The molecule has 1 aliphatic heterocycles. The lowest BCUT2D eigenvalue weighted by atomic mass is 10.1. The maximum Gasteiger partial charge on any atom is 0.255 e. The van der Waals surface area contributed by atoms with Gasteiger partial charge in [0.1, 0.15) is 0 Å². The number of likely N-dealkylation sites (tertiary alicyclic amines) is 1. The monoisotopic (exact) mass is 298 g/mol. The van der Waals surface area contributed by atoms with E-state index in [1.165, 1.54) is 0 Å². The van der Waals surface area contributed by atoms with Crippen LogP contribution in [0.5, 0.6) is 0 Å². The fourth-order valence-corrected chi connectivity index (χ4v) is 2.50. The SMILES string of the molecule is Nc1ccc(Cl)cc1C(=O)N1CCC(OCCO)CC1. The zero-order valence-electron chi connectivity index (χ0n) is 11.2. The van der Waals surface area contributed by atoms with Crippen LogP contribution in [0, 0.1) is 0 Å². The van der Waals surface area contributed by atoms with Gasteiger partial charge in [-0.2, -0.15) is 0 Å². The van der Waals surface area contributed by atoms with E-state index in [0.29, 0.717) is 36.0 Å². The number of hydrogen-bond acceptors (Lipinski definition) is 4. The van der Waals surface area contributed by atoms with E-state index in [0.717, 1.165) is 12.8 Å². The van der Waals surface area contributed by atoms with E-state index >= 15 is 0 Å². The van der Waals surface area contributed by atoms with Crippen molar-refractivity contribution in [1.29, 1.82) is 0 Å². The van der Waals surface area contributed by atoms with Gasteiger partial charge >= 0.3 is 0 Å². The number of anilines is 1. The summed E-state index contributed by atoms with van der Waals surface area (Å²) in [5.41, 5.74) is 6.73. The van der Waals surface area contributed by atoms with Gasteiger partial charge in [-0.25, -0.2) is 0 Å². The third kappa shape index (κ3) is 3.62. The fraction of sp³-hybridized carbons (Fsp3) is 0.500. The van der Waals surface area contributed by atoms with Crippen LogP contribution in [0.3, 0.4) is 0 Å². The first-order valence-corrected chi connectivity index (χ1v) is 7.06. The van der Waals surface area contributed by atoms with Gasteiger partial charge in [0.2, 0.25) is 0 Å². The van der Waals surface area contributed by atoms with Gasteiger partial charge in [0.15, 0.2) is 0 Å². The molecule has 3 N–H and O–H groups in total. The van der Waals surface area contributed by atoms with Gasteiger partial charge in [-0.3, -0.25) is 4.79 Å². The molecule has 2 rings (SSSR count). The molecule has 0 atom stereocenters. The van der Waals surface area contributed by atoms with Crippen molar-refractivity contribution in [3.8, 4) is 0 Å². The van der Waals surface area contributed by atoms with Crippen molar-refractivity contribution in [2.24, 2.45) is 0 Å². The molecule has 0 aromatic heterocycles. The van der Waals surface area contributed by atoms with Gasteiger partial charge in [0.25, 0.3) is 5.91 Å². The molecular weight excluding hydrogens is 280 g/mol. The molecule has 110 valence electrons. The Labute approximate surface area is 123 Å². The van der Waals surface area contributed by atoms with Crippen LogP contribution < -0.4 is 5.73 Å². The molecule has 1 fully saturated rings. The summed E-state index contributed by atoms with van der Waals surface area (Å²) in [6.07, 6.45) is 1.65. The van der Waals surface area contributed by atoms with Crippen molar-refractivity contribution >= 4 is 23.2 Å². The first-order valence-electron chi connectivity index (χ1n) is 6.68. The van der Waals surface area contributed by atoms with Crippen LogP contribution in [-0.2, 0) is 4.74 Å². The third-order valence-electron chi connectivity index (χ3n) is 3.42. The molecular formula is C14H19ClN2O3. The Bertz CT molecular complexity index is 473. The number of carbonyl (C=O) groups excluding carboxylic acids is 1. The first-order chi connectivity index (χ1) is 9.61. The second kappa shape index (κ2) is 6.92. The van der Waals surface area contributed by atoms with E-state index in [9.17, 15) is 4.79 Å². The van der Waals surface area contributed by atoms with Gasteiger partial charge in [0, 0.05) is 23.8 Å². The Kier molecular flexibility index (Phi) is 5.23. The van der Waals surface area contributed by atoms with Crippen molar-refractivity contribution in [2.45, 2.75) is 18.9 Å². The second-order valence-corrected chi connectivity index (χ2v) is 5.25. The number of nitrogens with two attached hydrogens (primary N) is 1. The summed E-state index contributed by atoms with van der Waals surface area (Å²) in [6, 6.07) is 4.92. The minimum Gasteiger partial charge on any atom is -0.398 e. The number of ether oxygens (including phenoxy) is 1. The molecule has 20 heavy (non-hydrogen) atoms. The molecule has 0 radical (unpaired) electrons. The van der Waals surface area contributed by atoms with Crippen molar-refractivity contribution in [3.05, 3.63) is 28.8 Å². The Morgan fingerprint density at radius 3 is 2.80 bits per heavy atom. The second-order valence-electron chi connectivity index (χ2n) is 4.82. The van der Waals surface area contributed by atoms with E-state index in [1.54, 1.807) is 23.1 Å². The van der Waals surface area contributed by atoms with Gasteiger partial charge in [-0.05, 0) is 31.0 Å². The number of benzene rings is 1. The molecule has 1 aromatic rings. The summed E-state index contributed by atoms with van der Waals surface area (Å²) >= 11 is 5.91. The molecule has 0 aliphatic carbocycles. The van der Waals surface area contributed by atoms with Crippen LogP contribution in [0.15, 0.2) is 18.2 Å². The fourth-order valence-electron chi connectivity index (χ4n) is 2.33. The molecule has 0 spiro atoms. The van der Waals surface area contributed by atoms with Crippen molar-refractivity contribution in [1.82, 2.24) is 4.90 Å². The van der Waals surface area contributed by atoms with Crippen LogP contribution in [0.4, 0.5) is 5.69 Å². The Morgan fingerprint density at radius 2 is 2.15 bits per heavy atom. The van der Waals surface area contributed by atoms with Crippen molar-refractivity contribution in [3.63, 3.8) is 0 Å². The van der Waals surface area contributed by atoms with Crippen LogP contribution in [0.2, 0.25) is 5.02 Å². The Morgan fingerprint density at radius 1 is 1.45 bits per heavy atom. The molecule has 5 nitrogen and oxygen atoms in total. The molecule has 0 bridgehead atoms. The van der Waals surface area contributed by atoms with E-state index < -0.39 is 0 Å². The van der Waals surface area contributed by atoms with Crippen LogP contribution >= 0.6 is 11.6 Å². The highest BCUT2D eigenvalue weighted by molar-refractivity contribution is 6.31.